The van der Waals surface area contributed by atoms with Crippen LogP contribution < -0.4 is 0 Å². The van der Waals surface area contributed by atoms with Crippen LogP contribution in [0.2, 0.25) is 0 Å². The number of hydrogen-bond acceptors (Lipinski definition) is 3. The minimum atomic E-state index is -0.195. The van der Waals surface area contributed by atoms with E-state index in [0.29, 0.717) is 17.1 Å². The van der Waals surface area contributed by atoms with Gasteiger partial charge in [0, 0.05) is 45.0 Å². The lowest BCUT2D eigenvalue weighted by Crippen LogP contribution is -2.17. The summed E-state index contributed by atoms with van der Waals surface area (Å²) in [7, 11) is 0. The lowest BCUT2D eigenvalue weighted by atomic mass is 9.80. The van der Waals surface area contributed by atoms with Crippen molar-refractivity contribution in [3.8, 4) is 62.0 Å². The van der Waals surface area contributed by atoms with Gasteiger partial charge in [-0.05, 0) is 150 Å². The molecule has 0 spiro atoms. The van der Waals surface area contributed by atoms with Gasteiger partial charge in [0.25, 0.3) is 0 Å². The summed E-state index contributed by atoms with van der Waals surface area (Å²) in [5.41, 5.74) is 18.8. The van der Waals surface area contributed by atoms with Crippen molar-refractivity contribution in [2.45, 2.75) is 131 Å². The summed E-state index contributed by atoms with van der Waals surface area (Å²) >= 11 is 0. The van der Waals surface area contributed by atoms with Crippen LogP contribution in [0.15, 0.2) is 152 Å². The second-order valence-corrected chi connectivity index (χ2v) is 25.9. The molecule has 0 fully saturated rings. The van der Waals surface area contributed by atoms with Gasteiger partial charge in [0.1, 0.15) is 11.6 Å². The van der Waals surface area contributed by atoms with Gasteiger partial charge in [0.2, 0.25) is 0 Å². The number of rotatable bonds is 6. The van der Waals surface area contributed by atoms with Crippen LogP contribution in [0.1, 0.15) is 132 Å². The predicted molar refractivity (Wildman–Crippen MR) is 316 cm³/mol. The van der Waals surface area contributed by atoms with Gasteiger partial charge in [-0.3, -0.25) is 9.55 Å². The molecule has 3 aromatic heterocycles. The van der Waals surface area contributed by atoms with Crippen LogP contribution in [0.5, 0.6) is 5.75 Å². The van der Waals surface area contributed by atoms with Gasteiger partial charge >= 0.3 is 0 Å². The Morgan fingerprint density at radius 2 is 0.960 bits per heavy atom. The third kappa shape index (κ3) is 9.55. The Hall–Kier alpha value is -7.75. The first kappa shape index (κ1) is 50.8. The Balaban J connectivity index is 1.16. The molecule has 1 N–H and O–H groups in total. The van der Waals surface area contributed by atoms with Gasteiger partial charge in [0.05, 0.1) is 34.3 Å². The third-order valence-corrected chi connectivity index (χ3v) is 15.0. The van der Waals surface area contributed by atoms with E-state index in [1.54, 1.807) is 18.2 Å². The smallest absolute Gasteiger partial charge is 0.188 e. The van der Waals surface area contributed by atoms with E-state index in [1.165, 1.54) is 49.8 Å². The molecular weight excluding hydrogens is 915 g/mol. The summed E-state index contributed by atoms with van der Waals surface area (Å²) in [5.74, 6) is 0.636. The monoisotopic (exact) mass is 986 g/mol. The fraction of sp³-hybridized carbons (Fsp3) is 0.290. The summed E-state index contributed by atoms with van der Waals surface area (Å²) in [6.07, 6.45) is 1.94. The van der Waals surface area contributed by atoms with Crippen molar-refractivity contribution < 1.29 is 5.11 Å². The molecule has 0 atom stereocenters. The summed E-state index contributed by atoms with van der Waals surface area (Å²) in [6, 6.07) is 52.2. The Bertz CT molecular complexity index is 3870. The van der Waals surface area contributed by atoms with Crippen molar-refractivity contribution in [2.24, 2.45) is 0 Å². The maximum atomic E-state index is 11.6. The second kappa shape index (κ2) is 18.0. The fourth-order valence-electron chi connectivity index (χ4n) is 10.3. The molecule has 0 unspecified atom stereocenters. The highest BCUT2D eigenvalue weighted by atomic mass is 16.3. The normalized spacial score (nSPS) is 12.8. The van der Waals surface area contributed by atoms with E-state index in [4.69, 9.17) is 16.5 Å². The molecule has 0 radical (unpaired) electrons. The lowest BCUT2D eigenvalue weighted by Gasteiger charge is -2.27. The lowest BCUT2D eigenvalue weighted by molar-refractivity contribution is 0.477. The highest BCUT2D eigenvalue weighted by Crippen LogP contribution is 2.44. The molecule has 0 aliphatic rings. The summed E-state index contributed by atoms with van der Waals surface area (Å²) in [6.45, 7) is 41.9. The van der Waals surface area contributed by atoms with Crippen LogP contribution in [-0.4, -0.2) is 24.2 Å². The second-order valence-electron chi connectivity index (χ2n) is 25.9. The molecule has 10 aromatic rings. The Labute approximate surface area is 444 Å². The highest BCUT2D eigenvalue weighted by molar-refractivity contribution is 6.10. The molecule has 3 heterocycles. The number of para-hydroxylation sites is 2. The van der Waals surface area contributed by atoms with E-state index >= 15 is 0 Å². The van der Waals surface area contributed by atoms with Crippen molar-refractivity contribution in [3.05, 3.63) is 191 Å². The number of imidazole rings is 1. The molecule has 7 aromatic carbocycles. The molecular formula is C69H71N5O. The van der Waals surface area contributed by atoms with Crippen LogP contribution in [0.3, 0.4) is 0 Å². The largest absolute Gasteiger partial charge is 0.507 e. The zero-order valence-electron chi connectivity index (χ0n) is 46.6. The van der Waals surface area contributed by atoms with E-state index in [2.05, 4.69) is 245 Å². The number of aromatic nitrogens is 4. The molecule has 0 saturated carbocycles. The van der Waals surface area contributed by atoms with Crippen LogP contribution >= 0.6 is 0 Å². The van der Waals surface area contributed by atoms with Crippen LogP contribution in [0.25, 0.3) is 94.0 Å². The fourth-order valence-corrected chi connectivity index (χ4v) is 10.3. The first-order chi connectivity index (χ1) is 35.2. The predicted octanol–water partition coefficient (Wildman–Crippen LogP) is 18.9. The Kier molecular flexibility index (Phi) is 12.2. The van der Waals surface area contributed by atoms with E-state index in [9.17, 15) is 5.11 Å². The Morgan fingerprint density at radius 1 is 0.427 bits per heavy atom. The molecule has 75 heavy (non-hydrogen) atoms. The number of pyridine rings is 1. The van der Waals surface area contributed by atoms with Crippen molar-refractivity contribution in [3.63, 3.8) is 0 Å². The number of hydrogen-bond donors (Lipinski definition) is 1. The van der Waals surface area contributed by atoms with Gasteiger partial charge in [-0.15, -0.1) is 0 Å². The number of phenolic OH excluding ortho intramolecular Hbond substituents is 1. The summed E-state index contributed by atoms with van der Waals surface area (Å²) in [5, 5.41) is 14.0. The minimum Gasteiger partial charge on any atom is -0.507 e. The molecule has 0 amide bonds. The number of benzene rings is 7. The topological polar surface area (TPSA) is 60.2 Å². The maximum absolute atomic E-state index is 11.6. The standard InChI is InChI=1S/C69H71N5O/c1-65(2,3)46-31-44(54-21-19-23-60-63(54)72-64(57-41-51(70-16)25-27-62(57)75)74(60)53-39-49(68(10,11)12)36-50(40-53)69(13,14)15)30-45(32-46)58-33-43(28-29-71-58)42-24-26-56-55-20-17-18-22-59(55)73(61(56)34-42)52-37-47(66(4,5)6)35-48(38-52)67(7,8)9/h17-41,75H,1-15H3. The number of fused-ring (bicyclic) bond motifs is 4. The van der Waals surface area contributed by atoms with E-state index in [1.807, 2.05) is 6.20 Å². The first-order valence-electron chi connectivity index (χ1n) is 26.4. The molecule has 6 heteroatoms. The van der Waals surface area contributed by atoms with Crippen molar-refractivity contribution in [1.29, 1.82) is 0 Å². The number of nitrogens with zero attached hydrogens (tertiary/aromatic N) is 5. The zero-order chi connectivity index (χ0) is 53.7. The van der Waals surface area contributed by atoms with Crippen molar-refractivity contribution in [1.82, 2.24) is 19.1 Å². The zero-order valence-corrected chi connectivity index (χ0v) is 46.6. The quantitative estimate of drug-likeness (QED) is 0.169. The Morgan fingerprint density at radius 3 is 1.56 bits per heavy atom. The first-order valence-corrected chi connectivity index (χ1v) is 26.4. The van der Waals surface area contributed by atoms with Crippen LogP contribution in [-0.2, 0) is 27.1 Å². The summed E-state index contributed by atoms with van der Waals surface area (Å²) < 4.78 is 4.63. The van der Waals surface area contributed by atoms with Crippen LogP contribution in [0.4, 0.5) is 5.69 Å². The van der Waals surface area contributed by atoms with Gasteiger partial charge < -0.3 is 9.67 Å². The molecule has 378 valence electrons. The van der Waals surface area contributed by atoms with E-state index in [0.717, 1.165) is 55.7 Å². The van der Waals surface area contributed by atoms with Crippen molar-refractivity contribution >= 4 is 38.5 Å². The van der Waals surface area contributed by atoms with E-state index in [-0.39, 0.29) is 32.8 Å². The highest BCUT2D eigenvalue weighted by Gasteiger charge is 2.27. The SMILES string of the molecule is [C-]#[N+]c1ccc(O)c(-c2nc3c(-c4cc(-c5cc(-c6ccc7c8ccccc8n(-c8cc(C(C)(C)C)cc(C(C)(C)C)c8)c7c6)ccn5)cc(C(C)(C)C)c4)cccc3n2-c2cc(C(C)(C)C)cc(C(C)(C)C)c2)c1. The molecule has 0 saturated heterocycles. The van der Waals surface area contributed by atoms with Gasteiger partial charge in [-0.25, -0.2) is 9.83 Å². The molecule has 0 aliphatic carbocycles. The maximum Gasteiger partial charge on any atom is 0.188 e. The average molecular weight is 986 g/mol. The minimum absolute atomic E-state index is 0.0280. The van der Waals surface area contributed by atoms with Gasteiger partial charge in [0.15, 0.2) is 5.69 Å². The average Bonchev–Trinajstić information content (AvgIpc) is 3.93. The number of phenols is 1. The number of aromatic hydroxyl groups is 1. The third-order valence-electron chi connectivity index (χ3n) is 15.0. The van der Waals surface area contributed by atoms with Crippen LogP contribution in [0, 0.1) is 6.57 Å². The summed E-state index contributed by atoms with van der Waals surface area (Å²) in [4.78, 5) is 14.3. The van der Waals surface area contributed by atoms with E-state index < -0.39 is 0 Å². The molecule has 0 bridgehead atoms. The molecule has 6 nitrogen and oxygen atoms in total. The van der Waals surface area contributed by atoms with Gasteiger partial charge in [-0.1, -0.05) is 171 Å². The van der Waals surface area contributed by atoms with Crippen molar-refractivity contribution in [2.75, 3.05) is 0 Å². The molecule has 10 rings (SSSR count). The van der Waals surface area contributed by atoms with Gasteiger partial charge in [-0.2, -0.15) is 0 Å². The molecule has 0 aliphatic heterocycles.